The molecule has 1 N–H and O–H groups in total. The quantitative estimate of drug-likeness (QED) is 0.819. The molecular formula is C11H9N3O2S. The molecule has 0 fully saturated rings. The van der Waals surface area contributed by atoms with Gasteiger partial charge in [-0.3, -0.25) is 4.72 Å². The molecule has 17 heavy (non-hydrogen) atoms. The van der Waals surface area contributed by atoms with Gasteiger partial charge in [-0.15, -0.1) is 0 Å². The minimum Gasteiger partial charge on any atom is -0.283 e. The largest absolute Gasteiger partial charge is 0.283 e. The fraction of sp³-hybridized carbons (Fsp3) is 0.0909. The minimum absolute atomic E-state index is 0.0900. The monoisotopic (exact) mass is 247 g/mol. The Morgan fingerprint density at radius 1 is 1.29 bits per heavy atom. The second-order valence-electron chi connectivity index (χ2n) is 3.24. The van der Waals surface area contributed by atoms with Crippen LogP contribution in [0.3, 0.4) is 0 Å². The Morgan fingerprint density at radius 2 is 1.88 bits per heavy atom. The number of hydrogen-bond acceptors (Lipinski definition) is 4. The summed E-state index contributed by atoms with van der Waals surface area (Å²) in [5.74, 6) is 0. The topological polar surface area (TPSA) is 93.8 Å². The highest BCUT2D eigenvalue weighted by Gasteiger charge is 2.06. The summed E-state index contributed by atoms with van der Waals surface area (Å²) in [5.41, 5.74) is 0.710. The lowest BCUT2D eigenvalue weighted by Crippen LogP contribution is -2.10. The molecule has 1 aromatic carbocycles. The molecule has 86 valence electrons. The average molecular weight is 247 g/mol. The summed E-state index contributed by atoms with van der Waals surface area (Å²) in [6.45, 7) is 0. The van der Waals surface area contributed by atoms with Crippen molar-refractivity contribution in [3.8, 4) is 12.1 Å². The Balaban J connectivity index is 3.24. The fourth-order valence-electron chi connectivity index (χ4n) is 1.16. The Labute approximate surface area is 99.7 Å². The number of nitrogens with one attached hydrogen (secondary N) is 1. The van der Waals surface area contributed by atoms with Crippen molar-refractivity contribution >= 4 is 21.8 Å². The van der Waals surface area contributed by atoms with E-state index in [1.807, 2.05) is 0 Å². The Bertz CT molecular complexity index is 617. The predicted octanol–water partition coefficient (Wildman–Crippen LogP) is 1.49. The molecule has 1 aromatic rings. The zero-order valence-corrected chi connectivity index (χ0v) is 9.82. The number of rotatable bonds is 3. The third-order valence-corrected chi connectivity index (χ3v) is 2.39. The van der Waals surface area contributed by atoms with Crippen molar-refractivity contribution in [3.63, 3.8) is 0 Å². The van der Waals surface area contributed by atoms with Crippen molar-refractivity contribution in [1.82, 2.24) is 0 Å². The van der Waals surface area contributed by atoms with Crippen LogP contribution in [-0.2, 0) is 10.0 Å². The molecule has 0 saturated heterocycles. The first kappa shape index (κ1) is 12.8. The third-order valence-electron chi connectivity index (χ3n) is 1.80. The summed E-state index contributed by atoms with van der Waals surface area (Å²) in [6, 6.07) is 9.94. The number of benzene rings is 1. The lowest BCUT2D eigenvalue weighted by Gasteiger charge is -2.06. The van der Waals surface area contributed by atoms with Gasteiger partial charge in [-0.1, -0.05) is 18.2 Å². The summed E-state index contributed by atoms with van der Waals surface area (Å²) >= 11 is 0. The Hall–Kier alpha value is -2.31. The van der Waals surface area contributed by atoms with Gasteiger partial charge in [-0.25, -0.2) is 8.42 Å². The molecule has 0 bridgehead atoms. The summed E-state index contributed by atoms with van der Waals surface area (Å²) < 4.78 is 24.5. The van der Waals surface area contributed by atoms with Crippen LogP contribution < -0.4 is 4.72 Å². The van der Waals surface area contributed by atoms with E-state index in [4.69, 9.17) is 10.5 Å². The lowest BCUT2D eigenvalue weighted by atomic mass is 10.1. The average Bonchev–Trinajstić information content (AvgIpc) is 2.26. The first-order valence-corrected chi connectivity index (χ1v) is 6.44. The van der Waals surface area contributed by atoms with E-state index < -0.39 is 10.0 Å². The van der Waals surface area contributed by atoms with Gasteiger partial charge in [0.05, 0.1) is 11.9 Å². The molecule has 1 rings (SSSR count). The summed E-state index contributed by atoms with van der Waals surface area (Å²) in [5, 5.41) is 17.3. The summed E-state index contributed by atoms with van der Waals surface area (Å²) in [4.78, 5) is 0. The molecule has 6 heteroatoms. The second-order valence-corrected chi connectivity index (χ2v) is 4.99. The Kier molecular flexibility index (Phi) is 3.86. The number of hydrogen-bond donors (Lipinski definition) is 1. The van der Waals surface area contributed by atoms with Gasteiger partial charge in [0.25, 0.3) is 0 Å². The first-order chi connectivity index (χ1) is 7.96. The van der Waals surface area contributed by atoms with Gasteiger partial charge in [0.2, 0.25) is 10.0 Å². The zero-order chi connectivity index (χ0) is 12.9. The van der Waals surface area contributed by atoms with Gasteiger partial charge in [-0.2, -0.15) is 10.5 Å². The molecule has 0 radical (unpaired) electrons. The lowest BCUT2D eigenvalue weighted by molar-refractivity contribution is 0.607. The highest BCUT2D eigenvalue weighted by atomic mass is 32.2. The van der Waals surface area contributed by atoms with Crippen LogP contribution >= 0.6 is 0 Å². The molecule has 0 aliphatic heterocycles. The van der Waals surface area contributed by atoms with E-state index in [0.717, 1.165) is 6.26 Å². The summed E-state index contributed by atoms with van der Waals surface area (Å²) in [6.07, 6.45) is 2.36. The van der Waals surface area contributed by atoms with Crippen molar-refractivity contribution < 1.29 is 8.42 Å². The molecule has 0 atom stereocenters. The number of anilines is 1. The van der Waals surface area contributed by atoms with Crippen LogP contribution in [0, 0.1) is 22.7 Å². The van der Waals surface area contributed by atoms with Crippen molar-refractivity contribution in [2.24, 2.45) is 0 Å². The molecule has 0 aromatic heterocycles. The Morgan fingerprint density at radius 3 is 2.41 bits per heavy atom. The maximum absolute atomic E-state index is 11.1. The second kappa shape index (κ2) is 5.15. The van der Waals surface area contributed by atoms with Gasteiger partial charge < -0.3 is 0 Å². The van der Waals surface area contributed by atoms with E-state index >= 15 is 0 Å². The molecule has 0 amide bonds. The van der Waals surface area contributed by atoms with Crippen LogP contribution in [0.2, 0.25) is 0 Å². The first-order valence-electron chi connectivity index (χ1n) is 4.55. The fourth-order valence-corrected chi connectivity index (χ4v) is 1.75. The molecule has 0 unspecified atom stereocenters. The number of allylic oxidation sites excluding steroid dienone is 1. The molecule has 0 spiro atoms. The van der Waals surface area contributed by atoms with Crippen LogP contribution in [0.4, 0.5) is 5.69 Å². The van der Waals surface area contributed by atoms with Gasteiger partial charge in [-0.05, 0) is 12.1 Å². The number of sulfonamides is 1. The SMILES string of the molecule is CS(=O)(=O)Nc1ccccc1C=C(C#N)C#N. The van der Waals surface area contributed by atoms with Crippen LogP contribution in [0.15, 0.2) is 29.8 Å². The van der Waals surface area contributed by atoms with Crippen LogP contribution in [0.5, 0.6) is 0 Å². The maximum Gasteiger partial charge on any atom is 0.229 e. The number of para-hydroxylation sites is 1. The molecule has 0 saturated carbocycles. The zero-order valence-electron chi connectivity index (χ0n) is 9.01. The van der Waals surface area contributed by atoms with Crippen molar-refractivity contribution in [3.05, 3.63) is 35.4 Å². The number of nitrogens with zero attached hydrogens (tertiary/aromatic N) is 2. The normalized spacial score (nSPS) is 9.82. The van der Waals surface area contributed by atoms with E-state index in [-0.39, 0.29) is 5.57 Å². The summed E-state index contributed by atoms with van der Waals surface area (Å²) in [7, 11) is -3.39. The van der Waals surface area contributed by atoms with Gasteiger partial charge in [0, 0.05) is 5.56 Å². The maximum atomic E-state index is 11.1. The van der Waals surface area contributed by atoms with Gasteiger partial charge in [0.15, 0.2) is 0 Å². The highest BCUT2D eigenvalue weighted by Crippen LogP contribution is 2.19. The molecule has 0 aliphatic carbocycles. The van der Waals surface area contributed by atoms with E-state index in [0.29, 0.717) is 11.3 Å². The molecular weight excluding hydrogens is 238 g/mol. The predicted molar refractivity (Wildman–Crippen MR) is 64.1 cm³/mol. The molecule has 5 nitrogen and oxygen atoms in total. The van der Waals surface area contributed by atoms with Crippen molar-refractivity contribution in [2.45, 2.75) is 0 Å². The third kappa shape index (κ3) is 3.98. The highest BCUT2D eigenvalue weighted by molar-refractivity contribution is 7.92. The van der Waals surface area contributed by atoms with Crippen LogP contribution in [0.1, 0.15) is 5.56 Å². The van der Waals surface area contributed by atoms with E-state index in [2.05, 4.69) is 4.72 Å². The van der Waals surface area contributed by atoms with Crippen molar-refractivity contribution in [1.29, 1.82) is 10.5 Å². The van der Waals surface area contributed by atoms with E-state index in [1.165, 1.54) is 6.08 Å². The standard InChI is InChI=1S/C11H9N3O2S/c1-17(15,16)14-11-5-3-2-4-10(11)6-9(7-12)8-13/h2-6,14H,1H3. The van der Waals surface area contributed by atoms with E-state index in [1.54, 1.807) is 36.4 Å². The van der Waals surface area contributed by atoms with E-state index in [9.17, 15) is 8.42 Å². The molecule has 0 heterocycles. The van der Waals surface area contributed by atoms with Gasteiger partial charge in [0.1, 0.15) is 17.7 Å². The van der Waals surface area contributed by atoms with Crippen LogP contribution in [-0.4, -0.2) is 14.7 Å². The minimum atomic E-state index is -3.39. The van der Waals surface area contributed by atoms with Crippen LogP contribution in [0.25, 0.3) is 6.08 Å². The smallest absolute Gasteiger partial charge is 0.229 e. The van der Waals surface area contributed by atoms with Gasteiger partial charge >= 0.3 is 0 Å². The number of nitriles is 2. The molecule has 0 aliphatic rings. The van der Waals surface area contributed by atoms with Crippen molar-refractivity contribution in [2.75, 3.05) is 11.0 Å².